The third kappa shape index (κ3) is 5.10. The maximum atomic E-state index is 12.9. The number of benzene rings is 2. The summed E-state index contributed by atoms with van der Waals surface area (Å²) in [5, 5.41) is 3.37. The molecule has 5 heteroatoms. The predicted octanol–water partition coefficient (Wildman–Crippen LogP) is 4.33. The molecule has 0 radical (unpaired) electrons. The van der Waals surface area contributed by atoms with Gasteiger partial charge in [0.25, 0.3) is 0 Å². The predicted molar refractivity (Wildman–Crippen MR) is 110 cm³/mol. The molecule has 0 aromatic heterocycles. The molecule has 0 heterocycles. The highest BCUT2D eigenvalue weighted by molar-refractivity contribution is 6.03. The van der Waals surface area contributed by atoms with Gasteiger partial charge in [-0.15, -0.1) is 12.4 Å². The van der Waals surface area contributed by atoms with E-state index in [1.165, 1.54) is 0 Å². The molecule has 1 unspecified atom stereocenters. The first-order valence-electron chi connectivity index (χ1n) is 9.20. The first-order valence-corrected chi connectivity index (χ1v) is 9.20. The number of hydrogen-bond acceptors (Lipinski definition) is 4. The Morgan fingerprint density at radius 2 is 1.85 bits per heavy atom. The average Bonchev–Trinajstić information content (AvgIpc) is 2.64. The molecule has 2 aromatic carbocycles. The van der Waals surface area contributed by atoms with E-state index in [1.807, 2.05) is 42.5 Å². The van der Waals surface area contributed by atoms with Gasteiger partial charge in [-0.3, -0.25) is 4.79 Å². The Labute approximate surface area is 167 Å². The molecule has 0 fully saturated rings. The number of rotatable bonds is 7. The second-order valence-electron chi connectivity index (χ2n) is 7.05. The Morgan fingerprint density at radius 1 is 1.11 bits per heavy atom. The molecular weight excluding hydrogens is 362 g/mol. The topological polar surface area (TPSA) is 47.6 Å². The number of carbonyl (C=O) groups is 1. The summed E-state index contributed by atoms with van der Waals surface area (Å²) in [6.45, 7) is 5.09. The molecule has 146 valence electrons. The third-order valence-corrected chi connectivity index (χ3v) is 4.71. The molecule has 3 rings (SSSR count). The van der Waals surface area contributed by atoms with Crippen molar-refractivity contribution in [3.8, 4) is 5.75 Å². The number of hydrogen-bond donors (Lipinski definition) is 1. The van der Waals surface area contributed by atoms with Gasteiger partial charge in [0.05, 0.1) is 12.6 Å². The lowest BCUT2D eigenvalue weighted by Crippen LogP contribution is -2.43. The number of halogens is 1. The lowest BCUT2D eigenvalue weighted by molar-refractivity contribution is 0.0921. The fourth-order valence-electron chi connectivity index (χ4n) is 3.53. The van der Waals surface area contributed by atoms with Crippen LogP contribution >= 0.6 is 12.4 Å². The van der Waals surface area contributed by atoms with Crippen LogP contribution in [0.15, 0.2) is 42.5 Å². The SMILES string of the molecule is COCc1c(OCc2ccccc2)ccc2c1CCC(NC(C)C)C2=O.Cl. The minimum Gasteiger partial charge on any atom is -0.489 e. The van der Waals surface area contributed by atoms with Crippen LogP contribution in [-0.4, -0.2) is 25.0 Å². The van der Waals surface area contributed by atoms with Crippen molar-refractivity contribution in [2.45, 2.75) is 52.0 Å². The van der Waals surface area contributed by atoms with Crippen LogP contribution in [0.5, 0.6) is 5.75 Å². The summed E-state index contributed by atoms with van der Waals surface area (Å²) in [4.78, 5) is 12.9. The van der Waals surface area contributed by atoms with Crippen molar-refractivity contribution in [3.05, 3.63) is 64.7 Å². The van der Waals surface area contributed by atoms with Crippen molar-refractivity contribution >= 4 is 18.2 Å². The van der Waals surface area contributed by atoms with E-state index in [2.05, 4.69) is 19.2 Å². The zero-order chi connectivity index (χ0) is 18.5. The second-order valence-corrected chi connectivity index (χ2v) is 7.05. The van der Waals surface area contributed by atoms with Crippen molar-refractivity contribution < 1.29 is 14.3 Å². The Hall–Kier alpha value is -1.88. The first kappa shape index (κ1) is 21.4. The van der Waals surface area contributed by atoms with Crippen molar-refractivity contribution in [2.75, 3.05) is 7.11 Å². The van der Waals surface area contributed by atoms with Gasteiger partial charge < -0.3 is 14.8 Å². The molecule has 1 aliphatic carbocycles. The minimum absolute atomic E-state index is 0. The largest absolute Gasteiger partial charge is 0.489 e. The quantitative estimate of drug-likeness (QED) is 0.765. The maximum Gasteiger partial charge on any atom is 0.180 e. The minimum atomic E-state index is -0.103. The molecule has 4 nitrogen and oxygen atoms in total. The highest BCUT2D eigenvalue weighted by Crippen LogP contribution is 2.32. The van der Waals surface area contributed by atoms with Crippen LogP contribution in [0, 0.1) is 0 Å². The van der Waals surface area contributed by atoms with Crippen LogP contribution in [0.1, 0.15) is 47.3 Å². The van der Waals surface area contributed by atoms with Gasteiger partial charge in [-0.05, 0) is 36.1 Å². The number of ketones is 1. The molecule has 1 atom stereocenters. The molecular formula is C22H28ClNO3. The maximum absolute atomic E-state index is 12.9. The molecule has 0 spiro atoms. The van der Waals surface area contributed by atoms with E-state index in [9.17, 15) is 4.79 Å². The molecule has 27 heavy (non-hydrogen) atoms. The second kappa shape index (κ2) is 9.88. The number of methoxy groups -OCH3 is 1. The van der Waals surface area contributed by atoms with Crippen LogP contribution in [0.2, 0.25) is 0 Å². The van der Waals surface area contributed by atoms with Crippen LogP contribution in [0.25, 0.3) is 0 Å². The lowest BCUT2D eigenvalue weighted by atomic mass is 9.84. The van der Waals surface area contributed by atoms with E-state index in [1.54, 1.807) is 7.11 Å². The average molecular weight is 390 g/mol. The number of nitrogens with one attached hydrogen (secondary N) is 1. The van der Waals surface area contributed by atoms with Crippen molar-refractivity contribution in [3.63, 3.8) is 0 Å². The molecule has 0 aliphatic heterocycles. The zero-order valence-corrected chi connectivity index (χ0v) is 17.0. The fourth-order valence-corrected chi connectivity index (χ4v) is 3.53. The normalized spacial score (nSPS) is 16.0. The van der Waals surface area contributed by atoms with Crippen molar-refractivity contribution in [1.82, 2.24) is 5.32 Å². The van der Waals surface area contributed by atoms with Gasteiger partial charge in [0.15, 0.2) is 5.78 Å². The molecule has 0 saturated carbocycles. The molecule has 0 saturated heterocycles. The Kier molecular flexibility index (Phi) is 7.84. The van der Waals surface area contributed by atoms with Crippen LogP contribution in [0.4, 0.5) is 0 Å². The fraction of sp³-hybridized carbons (Fsp3) is 0.409. The van der Waals surface area contributed by atoms with E-state index >= 15 is 0 Å². The Balaban J connectivity index is 0.00000261. The summed E-state index contributed by atoms with van der Waals surface area (Å²) in [5.41, 5.74) is 3.99. The third-order valence-electron chi connectivity index (χ3n) is 4.71. The van der Waals surface area contributed by atoms with Gasteiger partial charge >= 0.3 is 0 Å². The standard InChI is InChI=1S/C22H27NO3.ClH/c1-15(2)23-20-11-9-17-18(22(20)24)10-12-21(19(17)14-25-3)26-13-16-7-5-4-6-8-16;/h4-8,10,12,15,20,23H,9,11,13-14H2,1-3H3;1H. The monoisotopic (exact) mass is 389 g/mol. The summed E-state index contributed by atoms with van der Waals surface area (Å²) >= 11 is 0. The summed E-state index contributed by atoms with van der Waals surface area (Å²) in [6, 6.07) is 14.1. The summed E-state index contributed by atoms with van der Waals surface area (Å²) < 4.78 is 11.5. The number of fused-ring (bicyclic) bond motifs is 1. The highest BCUT2D eigenvalue weighted by atomic mass is 35.5. The zero-order valence-electron chi connectivity index (χ0n) is 16.2. The number of ether oxygens (including phenoxy) is 2. The lowest BCUT2D eigenvalue weighted by Gasteiger charge is -2.28. The van der Waals surface area contributed by atoms with Gasteiger partial charge in [-0.25, -0.2) is 0 Å². The molecule has 2 aromatic rings. The molecule has 0 bridgehead atoms. The molecule has 1 aliphatic rings. The van der Waals surface area contributed by atoms with Gasteiger partial charge in [-0.2, -0.15) is 0 Å². The van der Waals surface area contributed by atoms with Gasteiger partial charge in [0.2, 0.25) is 0 Å². The van der Waals surface area contributed by atoms with Crippen molar-refractivity contribution in [2.24, 2.45) is 0 Å². The van der Waals surface area contributed by atoms with E-state index in [0.717, 1.165) is 40.8 Å². The van der Waals surface area contributed by atoms with E-state index in [-0.39, 0.29) is 30.3 Å². The summed E-state index contributed by atoms with van der Waals surface area (Å²) in [6.07, 6.45) is 1.66. The van der Waals surface area contributed by atoms with Crippen LogP contribution in [-0.2, 0) is 24.4 Å². The molecule has 0 amide bonds. The summed E-state index contributed by atoms with van der Waals surface area (Å²) in [5.74, 6) is 0.976. The summed E-state index contributed by atoms with van der Waals surface area (Å²) in [7, 11) is 1.67. The van der Waals surface area contributed by atoms with Crippen molar-refractivity contribution in [1.29, 1.82) is 0 Å². The van der Waals surface area contributed by atoms with E-state index in [4.69, 9.17) is 9.47 Å². The van der Waals surface area contributed by atoms with Gasteiger partial charge in [0, 0.05) is 24.3 Å². The number of Topliss-reactive ketones (excluding diaryl/α,β-unsaturated/α-hetero) is 1. The molecule has 1 N–H and O–H groups in total. The number of carbonyl (C=O) groups excluding carboxylic acids is 1. The van der Waals surface area contributed by atoms with Gasteiger partial charge in [-0.1, -0.05) is 44.2 Å². The van der Waals surface area contributed by atoms with Crippen LogP contribution < -0.4 is 10.1 Å². The smallest absolute Gasteiger partial charge is 0.180 e. The van der Waals surface area contributed by atoms with E-state index in [0.29, 0.717) is 13.2 Å². The van der Waals surface area contributed by atoms with Crippen LogP contribution in [0.3, 0.4) is 0 Å². The van der Waals surface area contributed by atoms with Gasteiger partial charge in [0.1, 0.15) is 12.4 Å². The first-order chi connectivity index (χ1) is 12.6. The Morgan fingerprint density at radius 3 is 2.52 bits per heavy atom. The van der Waals surface area contributed by atoms with E-state index < -0.39 is 0 Å². The Bertz CT molecular complexity index is 762. The highest BCUT2D eigenvalue weighted by Gasteiger charge is 2.30.